The Morgan fingerprint density at radius 1 is 0.515 bits per heavy atom. The topological polar surface area (TPSA) is 34.1 Å². The minimum atomic E-state index is -3.91. The Morgan fingerprint density at radius 3 is 1.27 bits per heavy atom. The second kappa shape index (κ2) is 9.61. The number of hydrogen-bond acceptors (Lipinski definition) is 2. The Bertz CT molecular complexity index is 1410. The molecule has 0 radical (unpaired) electrons. The Kier molecular flexibility index (Phi) is 6.45. The van der Waals surface area contributed by atoms with Gasteiger partial charge >= 0.3 is 0 Å². The number of rotatable bonds is 2. The van der Waals surface area contributed by atoms with E-state index in [0.29, 0.717) is 11.1 Å². The van der Waals surface area contributed by atoms with Crippen molar-refractivity contribution >= 4 is 9.84 Å². The van der Waals surface area contributed by atoms with Crippen LogP contribution < -0.4 is 0 Å². The number of benzene rings is 4. The zero-order chi connectivity index (χ0) is 23.3. The van der Waals surface area contributed by atoms with Crippen LogP contribution in [-0.4, -0.2) is 8.42 Å². The molecule has 0 fully saturated rings. The lowest BCUT2D eigenvalue weighted by molar-refractivity contribution is 0.615. The van der Waals surface area contributed by atoms with Crippen LogP contribution in [-0.2, 0) is 9.84 Å². The molecule has 0 saturated heterocycles. The molecule has 0 aliphatic heterocycles. The summed E-state index contributed by atoms with van der Waals surface area (Å²) in [6.45, 7) is 4.05. The third-order valence-corrected chi connectivity index (χ3v) is 5.96. The summed E-state index contributed by atoms with van der Waals surface area (Å²) in [5.74, 6) is 5.63. The molecule has 0 amide bonds. The van der Waals surface area contributed by atoms with Gasteiger partial charge in [0.2, 0.25) is 0 Å². The van der Waals surface area contributed by atoms with E-state index in [9.17, 15) is 8.42 Å². The molecule has 4 rings (SSSR count). The van der Waals surface area contributed by atoms with Crippen LogP contribution in [0.25, 0.3) is 22.3 Å². The maximum atomic E-state index is 12.6. The van der Waals surface area contributed by atoms with E-state index in [1.54, 1.807) is 0 Å². The molecule has 0 bridgehead atoms. The average Bonchev–Trinajstić information content (AvgIpc) is 2.83. The van der Waals surface area contributed by atoms with E-state index in [1.807, 2.05) is 111 Å². The molecule has 4 aromatic rings. The minimum Gasteiger partial charge on any atom is -0.202 e. The van der Waals surface area contributed by atoms with Crippen LogP contribution in [0, 0.1) is 36.2 Å². The Hall–Kier alpha value is -4.05. The predicted octanol–water partition coefficient (Wildman–Crippen LogP) is 6.37. The van der Waals surface area contributed by atoms with Gasteiger partial charge in [-0.1, -0.05) is 96.1 Å². The third kappa shape index (κ3) is 5.60. The quantitative estimate of drug-likeness (QED) is 0.335. The first-order valence-corrected chi connectivity index (χ1v) is 12.0. The van der Waals surface area contributed by atoms with Gasteiger partial charge < -0.3 is 0 Å². The van der Waals surface area contributed by atoms with E-state index in [2.05, 4.69) is 22.3 Å². The van der Waals surface area contributed by atoms with Gasteiger partial charge in [-0.3, -0.25) is 0 Å². The zero-order valence-corrected chi connectivity index (χ0v) is 19.3. The van der Waals surface area contributed by atoms with E-state index in [-0.39, 0.29) is 0 Å². The first-order chi connectivity index (χ1) is 15.9. The van der Waals surface area contributed by atoms with E-state index >= 15 is 0 Å². The summed E-state index contributed by atoms with van der Waals surface area (Å²) < 4.78 is 25.2. The van der Waals surface area contributed by atoms with Crippen LogP contribution in [0.4, 0.5) is 0 Å². The highest BCUT2D eigenvalue weighted by atomic mass is 32.2. The van der Waals surface area contributed by atoms with E-state index in [0.717, 1.165) is 33.4 Å². The van der Waals surface area contributed by atoms with Crippen molar-refractivity contribution < 1.29 is 8.42 Å². The first-order valence-electron chi connectivity index (χ1n) is 10.5. The van der Waals surface area contributed by atoms with Gasteiger partial charge in [0.05, 0.1) is 0 Å². The van der Waals surface area contributed by atoms with E-state index in [4.69, 9.17) is 0 Å². The summed E-state index contributed by atoms with van der Waals surface area (Å²) in [6.07, 6.45) is 0. The van der Waals surface area contributed by atoms with Crippen molar-refractivity contribution in [2.45, 2.75) is 13.8 Å². The van der Waals surface area contributed by atoms with Gasteiger partial charge in [-0.05, 0) is 60.1 Å². The van der Waals surface area contributed by atoms with Crippen LogP contribution >= 0.6 is 0 Å². The standard InChI is InChI=1S/C30H22O2S/c1-23-11-15-27(16-12-23)29-9-5-3-7-25(29)19-21-33(31,32)22-20-26-8-4-6-10-30(26)28-17-13-24(2)14-18-28/h3-18H,1-2H3. The van der Waals surface area contributed by atoms with Gasteiger partial charge in [0, 0.05) is 21.6 Å². The smallest absolute Gasteiger partial charge is 0.202 e. The molecule has 0 N–H and O–H groups in total. The summed E-state index contributed by atoms with van der Waals surface area (Å²) >= 11 is 0. The Balaban J connectivity index is 1.66. The van der Waals surface area contributed by atoms with E-state index in [1.165, 1.54) is 0 Å². The largest absolute Gasteiger partial charge is 0.284 e. The maximum Gasteiger partial charge on any atom is 0.284 e. The van der Waals surface area contributed by atoms with Crippen molar-refractivity contribution in [3.8, 4) is 44.6 Å². The highest BCUT2D eigenvalue weighted by Gasteiger charge is 2.06. The van der Waals surface area contributed by atoms with Crippen molar-refractivity contribution in [3.05, 3.63) is 119 Å². The monoisotopic (exact) mass is 446 g/mol. The molecule has 3 heteroatoms. The molecule has 0 spiro atoms. The number of aryl methyl sites for hydroxylation is 2. The summed E-state index contributed by atoms with van der Waals surface area (Å²) in [4.78, 5) is 0. The molecule has 4 aromatic carbocycles. The fourth-order valence-corrected chi connectivity index (χ4v) is 3.96. The molecule has 0 heterocycles. The lowest BCUT2D eigenvalue weighted by Crippen LogP contribution is -1.92. The highest BCUT2D eigenvalue weighted by Crippen LogP contribution is 2.24. The van der Waals surface area contributed by atoms with Crippen molar-refractivity contribution in [1.29, 1.82) is 0 Å². The number of sulfone groups is 1. The average molecular weight is 447 g/mol. The summed E-state index contributed by atoms with van der Waals surface area (Å²) in [7, 11) is -3.91. The maximum absolute atomic E-state index is 12.6. The second-order valence-corrected chi connectivity index (χ2v) is 9.20. The summed E-state index contributed by atoms with van der Waals surface area (Å²) in [5, 5.41) is 4.76. The van der Waals surface area contributed by atoms with Gasteiger partial charge in [-0.15, -0.1) is 0 Å². The van der Waals surface area contributed by atoms with E-state index < -0.39 is 9.84 Å². The highest BCUT2D eigenvalue weighted by molar-refractivity contribution is 8.00. The van der Waals surface area contributed by atoms with Gasteiger partial charge in [0.25, 0.3) is 9.84 Å². The van der Waals surface area contributed by atoms with Crippen molar-refractivity contribution in [3.63, 3.8) is 0 Å². The molecule has 0 aliphatic carbocycles. The molecule has 0 saturated carbocycles. The lowest BCUT2D eigenvalue weighted by atomic mass is 9.99. The predicted molar refractivity (Wildman–Crippen MR) is 136 cm³/mol. The van der Waals surface area contributed by atoms with Gasteiger partial charge in [-0.25, -0.2) is 8.42 Å². The van der Waals surface area contributed by atoms with Crippen molar-refractivity contribution in [1.82, 2.24) is 0 Å². The van der Waals surface area contributed by atoms with Crippen LogP contribution in [0.5, 0.6) is 0 Å². The summed E-state index contributed by atoms with van der Waals surface area (Å²) in [5.41, 5.74) is 7.36. The molecule has 2 nitrogen and oxygen atoms in total. The van der Waals surface area contributed by atoms with Crippen LogP contribution in [0.15, 0.2) is 97.1 Å². The lowest BCUT2D eigenvalue weighted by Gasteiger charge is -2.05. The molecule has 0 aromatic heterocycles. The van der Waals surface area contributed by atoms with Crippen molar-refractivity contribution in [2.75, 3.05) is 0 Å². The molecule has 0 aliphatic rings. The Morgan fingerprint density at radius 2 is 0.879 bits per heavy atom. The molecule has 33 heavy (non-hydrogen) atoms. The molecule has 0 unspecified atom stereocenters. The van der Waals surface area contributed by atoms with Gasteiger partial charge in [0.15, 0.2) is 0 Å². The van der Waals surface area contributed by atoms with Gasteiger partial charge in [0.1, 0.15) is 0 Å². The molecule has 160 valence electrons. The third-order valence-electron chi connectivity index (χ3n) is 5.22. The first kappa shape index (κ1) is 22.2. The molecular formula is C30H22O2S. The normalized spacial score (nSPS) is 10.5. The SMILES string of the molecule is Cc1ccc(-c2ccccc2C#CS(=O)(=O)C#Cc2ccccc2-c2ccc(C)cc2)cc1. The molecule has 0 atom stereocenters. The fourth-order valence-electron chi connectivity index (χ4n) is 3.42. The Labute approximate surface area is 195 Å². The van der Waals surface area contributed by atoms with Gasteiger partial charge in [-0.2, -0.15) is 0 Å². The minimum absolute atomic E-state index is 0.645. The fraction of sp³-hybridized carbons (Fsp3) is 0.0667. The summed E-state index contributed by atoms with van der Waals surface area (Å²) in [6, 6.07) is 31.1. The van der Waals surface area contributed by atoms with Crippen LogP contribution in [0.2, 0.25) is 0 Å². The zero-order valence-electron chi connectivity index (χ0n) is 18.5. The van der Waals surface area contributed by atoms with Crippen molar-refractivity contribution in [2.24, 2.45) is 0 Å². The van der Waals surface area contributed by atoms with Crippen LogP contribution in [0.3, 0.4) is 0 Å². The molecular weight excluding hydrogens is 424 g/mol. The number of hydrogen-bond donors (Lipinski definition) is 0. The van der Waals surface area contributed by atoms with Crippen LogP contribution in [0.1, 0.15) is 22.3 Å². The second-order valence-electron chi connectivity index (χ2n) is 7.78.